The van der Waals surface area contributed by atoms with Crippen LogP contribution in [0.2, 0.25) is 0 Å². The van der Waals surface area contributed by atoms with Gasteiger partial charge in [-0.05, 0) is 66.0 Å². The van der Waals surface area contributed by atoms with E-state index in [2.05, 4.69) is 10.3 Å². The smallest absolute Gasteiger partial charge is 0.416 e. The van der Waals surface area contributed by atoms with Gasteiger partial charge in [-0.2, -0.15) is 13.2 Å². The van der Waals surface area contributed by atoms with E-state index in [-0.39, 0.29) is 18.3 Å². The molecule has 1 aromatic heterocycles. The third kappa shape index (κ3) is 6.82. The number of nitrogens with one attached hydrogen (secondary N) is 1. The lowest BCUT2D eigenvalue weighted by molar-refractivity contribution is -0.137. The summed E-state index contributed by atoms with van der Waals surface area (Å²) in [7, 11) is 0. The third-order valence-corrected chi connectivity index (χ3v) is 5.25. The minimum absolute atomic E-state index is 0.235. The molecule has 3 aromatic carbocycles. The average molecular weight is 497 g/mol. The Morgan fingerprint density at radius 1 is 1.00 bits per heavy atom. The van der Waals surface area contributed by atoms with Crippen LogP contribution in [0, 0.1) is 0 Å². The molecule has 0 spiro atoms. The molecular formula is C28H27F3N2O3. The Hall–Kier alpha value is -3.91. The lowest BCUT2D eigenvalue weighted by Crippen LogP contribution is -2.39. The largest absolute Gasteiger partial charge is 0.457 e. The first-order chi connectivity index (χ1) is 17.3. The Kier molecular flexibility index (Phi) is 9.02. The maximum Gasteiger partial charge on any atom is 0.416 e. The molecule has 0 fully saturated rings. The SMILES string of the molecule is CC.O=C(NC(CO)Cc1ccccn1)c1ccc2c(Oc3ccc(C(F)(F)F)cc3)cccc2c1. The maximum absolute atomic E-state index is 12.8. The summed E-state index contributed by atoms with van der Waals surface area (Å²) in [5, 5.41) is 13.9. The van der Waals surface area contributed by atoms with E-state index >= 15 is 0 Å². The molecule has 0 saturated carbocycles. The van der Waals surface area contributed by atoms with Crippen LogP contribution in [-0.2, 0) is 12.6 Å². The van der Waals surface area contributed by atoms with Gasteiger partial charge in [-0.1, -0.05) is 32.0 Å². The van der Waals surface area contributed by atoms with E-state index in [0.717, 1.165) is 23.2 Å². The quantitative estimate of drug-likeness (QED) is 0.310. The Morgan fingerprint density at radius 3 is 2.39 bits per heavy atom. The molecule has 188 valence electrons. The van der Waals surface area contributed by atoms with Crippen molar-refractivity contribution in [1.82, 2.24) is 10.3 Å². The van der Waals surface area contributed by atoms with Crippen molar-refractivity contribution in [3.8, 4) is 11.5 Å². The predicted molar refractivity (Wildman–Crippen MR) is 133 cm³/mol. The zero-order chi connectivity index (χ0) is 26.1. The summed E-state index contributed by atoms with van der Waals surface area (Å²) >= 11 is 0. The number of carbonyl (C=O) groups excluding carboxylic acids is 1. The molecule has 1 amide bonds. The highest BCUT2D eigenvalue weighted by Crippen LogP contribution is 2.33. The van der Waals surface area contributed by atoms with Crippen LogP contribution in [0.5, 0.6) is 11.5 Å². The highest BCUT2D eigenvalue weighted by atomic mass is 19.4. The zero-order valence-electron chi connectivity index (χ0n) is 19.9. The number of amides is 1. The number of rotatable bonds is 7. The number of hydrogen-bond donors (Lipinski definition) is 2. The Labute approximate surface area is 207 Å². The van der Waals surface area contributed by atoms with Gasteiger partial charge >= 0.3 is 6.18 Å². The zero-order valence-corrected chi connectivity index (χ0v) is 19.9. The number of hydrogen-bond acceptors (Lipinski definition) is 4. The van der Waals surface area contributed by atoms with Gasteiger partial charge in [0.05, 0.1) is 18.2 Å². The summed E-state index contributed by atoms with van der Waals surface area (Å²) in [6, 6.07) is 19.7. The van der Waals surface area contributed by atoms with E-state index in [1.807, 2.05) is 32.0 Å². The molecule has 2 N–H and O–H groups in total. The van der Waals surface area contributed by atoms with Gasteiger partial charge in [-0.25, -0.2) is 0 Å². The van der Waals surface area contributed by atoms with Gasteiger partial charge in [-0.3, -0.25) is 9.78 Å². The monoisotopic (exact) mass is 496 g/mol. The molecule has 1 unspecified atom stereocenters. The van der Waals surface area contributed by atoms with Crippen molar-refractivity contribution in [2.45, 2.75) is 32.5 Å². The van der Waals surface area contributed by atoms with Crippen molar-refractivity contribution < 1.29 is 27.8 Å². The van der Waals surface area contributed by atoms with E-state index < -0.39 is 17.8 Å². The summed E-state index contributed by atoms with van der Waals surface area (Å²) in [6.07, 6.45) is -2.37. The molecule has 0 radical (unpaired) electrons. The standard InChI is InChI=1S/C26H21F3N2O3.C2H6/c27-26(28,29)19-8-10-22(11-9-19)34-24-6-3-4-17-14-18(7-12-23(17)24)25(33)31-21(16-32)15-20-5-1-2-13-30-20;1-2/h1-14,21,32H,15-16H2,(H,31,33);1-2H3. The summed E-state index contributed by atoms with van der Waals surface area (Å²) in [5.41, 5.74) is 0.404. The predicted octanol–water partition coefficient (Wildman–Crippen LogP) is 6.41. The number of ether oxygens (including phenoxy) is 1. The van der Waals surface area contributed by atoms with Crippen LogP contribution in [0.4, 0.5) is 13.2 Å². The van der Waals surface area contributed by atoms with Gasteiger partial charge in [0.1, 0.15) is 11.5 Å². The molecule has 1 atom stereocenters. The Morgan fingerprint density at radius 2 is 1.75 bits per heavy atom. The Bertz CT molecular complexity index is 1280. The second kappa shape index (κ2) is 12.2. The normalized spacial score (nSPS) is 11.8. The van der Waals surface area contributed by atoms with Gasteiger partial charge in [0.25, 0.3) is 5.91 Å². The minimum atomic E-state index is -4.42. The topological polar surface area (TPSA) is 71.5 Å². The van der Waals surface area contributed by atoms with Gasteiger partial charge in [0.2, 0.25) is 0 Å². The van der Waals surface area contributed by atoms with Gasteiger partial charge in [0.15, 0.2) is 0 Å². The van der Waals surface area contributed by atoms with Crippen molar-refractivity contribution in [2.24, 2.45) is 0 Å². The van der Waals surface area contributed by atoms with Crippen LogP contribution < -0.4 is 10.1 Å². The average Bonchev–Trinajstić information content (AvgIpc) is 2.89. The molecule has 0 aliphatic carbocycles. The van der Waals surface area contributed by atoms with Crippen LogP contribution in [0.15, 0.2) is 85.1 Å². The summed E-state index contributed by atoms with van der Waals surface area (Å²) < 4.78 is 44.1. The van der Waals surface area contributed by atoms with Crippen molar-refractivity contribution >= 4 is 16.7 Å². The fourth-order valence-corrected chi connectivity index (χ4v) is 3.52. The highest BCUT2D eigenvalue weighted by molar-refractivity contribution is 6.00. The Balaban J connectivity index is 0.00000176. The molecule has 36 heavy (non-hydrogen) atoms. The molecule has 5 nitrogen and oxygen atoms in total. The van der Waals surface area contributed by atoms with Crippen LogP contribution in [0.3, 0.4) is 0 Å². The van der Waals surface area contributed by atoms with Crippen LogP contribution in [0.25, 0.3) is 10.8 Å². The van der Waals surface area contributed by atoms with E-state index in [1.165, 1.54) is 12.1 Å². The van der Waals surface area contributed by atoms with E-state index in [1.54, 1.807) is 42.6 Å². The van der Waals surface area contributed by atoms with Gasteiger partial charge in [-0.15, -0.1) is 0 Å². The molecular weight excluding hydrogens is 469 g/mol. The molecule has 8 heteroatoms. The van der Waals surface area contributed by atoms with Crippen LogP contribution in [0.1, 0.15) is 35.5 Å². The summed E-state index contributed by atoms with van der Waals surface area (Å²) in [6.45, 7) is 3.76. The van der Waals surface area contributed by atoms with Crippen molar-refractivity contribution in [2.75, 3.05) is 6.61 Å². The lowest BCUT2D eigenvalue weighted by atomic mass is 10.0. The number of aliphatic hydroxyl groups is 1. The van der Waals surface area contributed by atoms with E-state index in [9.17, 15) is 23.1 Å². The van der Waals surface area contributed by atoms with E-state index in [0.29, 0.717) is 23.1 Å². The molecule has 1 heterocycles. The molecule has 0 bridgehead atoms. The van der Waals surface area contributed by atoms with Gasteiger partial charge in [0, 0.05) is 29.3 Å². The third-order valence-electron chi connectivity index (χ3n) is 5.25. The molecule has 0 saturated heterocycles. The number of pyridine rings is 1. The van der Waals surface area contributed by atoms with Crippen molar-refractivity contribution in [3.05, 3.63) is 102 Å². The fraction of sp³-hybridized carbons (Fsp3) is 0.214. The number of halogens is 3. The number of benzene rings is 3. The maximum atomic E-state index is 12.8. The molecule has 0 aliphatic rings. The van der Waals surface area contributed by atoms with E-state index in [4.69, 9.17) is 4.74 Å². The molecule has 4 aromatic rings. The number of aliphatic hydroxyl groups excluding tert-OH is 1. The minimum Gasteiger partial charge on any atom is -0.457 e. The first-order valence-corrected chi connectivity index (χ1v) is 11.5. The highest BCUT2D eigenvalue weighted by Gasteiger charge is 2.30. The second-order valence-electron chi connectivity index (χ2n) is 7.69. The fourth-order valence-electron chi connectivity index (χ4n) is 3.52. The first kappa shape index (κ1) is 26.7. The lowest BCUT2D eigenvalue weighted by Gasteiger charge is -2.16. The van der Waals surface area contributed by atoms with Crippen LogP contribution in [-0.4, -0.2) is 28.6 Å². The number of nitrogens with zero attached hydrogens (tertiary/aromatic N) is 1. The van der Waals surface area contributed by atoms with Crippen LogP contribution >= 0.6 is 0 Å². The summed E-state index contributed by atoms with van der Waals surface area (Å²) in [4.78, 5) is 17.0. The van der Waals surface area contributed by atoms with Crippen molar-refractivity contribution in [1.29, 1.82) is 0 Å². The van der Waals surface area contributed by atoms with Gasteiger partial charge < -0.3 is 15.2 Å². The summed E-state index contributed by atoms with van der Waals surface area (Å²) in [5.74, 6) is 0.376. The first-order valence-electron chi connectivity index (χ1n) is 11.5. The number of fused-ring (bicyclic) bond motifs is 1. The molecule has 0 aliphatic heterocycles. The van der Waals surface area contributed by atoms with Crippen molar-refractivity contribution in [3.63, 3.8) is 0 Å². The number of carbonyl (C=O) groups is 1. The number of alkyl halides is 3. The molecule has 4 rings (SSSR count). The number of aromatic nitrogens is 1. The second-order valence-corrected chi connectivity index (χ2v) is 7.69.